The van der Waals surface area contributed by atoms with Crippen LogP contribution in [-0.4, -0.2) is 56.5 Å². The Bertz CT molecular complexity index is 179. The summed E-state index contributed by atoms with van der Waals surface area (Å²) in [6, 6.07) is 0.118. The zero-order chi connectivity index (χ0) is 11.7. The molecule has 4 nitrogen and oxygen atoms in total. The lowest BCUT2D eigenvalue weighted by atomic mass is 10.2. The summed E-state index contributed by atoms with van der Waals surface area (Å²) < 4.78 is 10.1. The fourth-order valence-electron chi connectivity index (χ4n) is 1.30. The fourth-order valence-corrected chi connectivity index (χ4v) is 1.45. The topological polar surface area (TPSA) is 47.7 Å². The van der Waals surface area contributed by atoms with Gasteiger partial charge in [0.1, 0.15) is 0 Å². The first-order valence-corrected chi connectivity index (χ1v) is 5.55. The normalized spacial score (nSPS) is 13.1. The summed E-state index contributed by atoms with van der Waals surface area (Å²) in [4.78, 5) is 2.74. The van der Waals surface area contributed by atoms with Crippen LogP contribution in [-0.2, 0) is 9.47 Å². The zero-order valence-electron chi connectivity index (χ0n) is 9.86. The van der Waals surface area contributed by atoms with Gasteiger partial charge < -0.3 is 15.2 Å². The molecule has 15 heavy (non-hydrogen) atoms. The highest BCUT2D eigenvalue weighted by Crippen LogP contribution is 2.01. The van der Waals surface area contributed by atoms with Crippen molar-refractivity contribution in [1.82, 2.24) is 4.90 Å². The van der Waals surface area contributed by atoms with E-state index >= 15 is 0 Å². The SMILES string of the molecule is COCCCN(CCOC)C(C)C(N)=S. The number of thiocarbonyl (C=S) groups is 1. The molecule has 0 aliphatic heterocycles. The molecule has 90 valence electrons. The molecule has 0 amide bonds. The smallest absolute Gasteiger partial charge is 0.0899 e. The van der Waals surface area contributed by atoms with Crippen molar-refractivity contribution in [3.63, 3.8) is 0 Å². The van der Waals surface area contributed by atoms with Gasteiger partial charge in [-0.25, -0.2) is 0 Å². The first kappa shape index (κ1) is 14.8. The van der Waals surface area contributed by atoms with E-state index < -0.39 is 0 Å². The third-order valence-corrected chi connectivity index (χ3v) is 2.68. The molecule has 0 rings (SSSR count). The second-order valence-corrected chi connectivity index (χ2v) is 3.92. The van der Waals surface area contributed by atoms with Gasteiger partial charge in [0.25, 0.3) is 0 Å². The van der Waals surface area contributed by atoms with Crippen LogP contribution < -0.4 is 5.73 Å². The molecule has 0 aromatic rings. The number of methoxy groups -OCH3 is 2. The van der Waals surface area contributed by atoms with Gasteiger partial charge in [-0.15, -0.1) is 0 Å². The molecule has 1 atom stereocenters. The maximum absolute atomic E-state index is 5.63. The van der Waals surface area contributed by atoms with E-state index in [4.69, 9.17) is 27.4 Å². The fraction of sp³-hybridized carbons (Fsp3) is 0.900. The maximum Gasteiger partial charge on any atom is 0.0899 e. The molecule has 0 saturated carbocycles. The number of nitrogens with two attached hydrogens (primary N) is 1. The summed E-state index contributed by atoms with van der Waals surface area (Å²) >= 11 is 4.99. The summed E-state index contributed by atoms with van der Waals surface area (Å²) in [7, 11) is 3.40. The quantitative estimate of drug-likeness (QED) is 0.469. The van der Waals surface area contributed by atoms with E-state index in [2.05, 4.69) is 4.90 Å². The van der Waals surface area contributed by atoms with Gasteiger partial charge in [-0.3, -0.25) is 4.90 Å². The van der Waals surface area contributed by atoms with E-state index in [0.717, 1.165) is 26.1 Å². The van der Waals surface area contributed by atoms with Crippen molar-refractivity contribution in [3.8, 4) is 0 Å². The zero-order valence-corrected chi connectivity index (χ0v) is 10.7. The highest BCUT2D eigenvalue weighted by atomic mass is 32.1. The van der Waals surface area contributed by atoms with Crippen LogP contribution in [0.3, 0.4) is 0 Å². The van der Waals surface area contributed by atoms with E-state index in [1.807, 2.05) is 6.92 Å². The highest BCUT2D eigenvalue weighted by Gasteiger charge is 2.15. The highest BCUT2D eigenvalue weighted by molar-refractivity contribution is 7.80. The number of ether oxygens (including phenoxy) is 2. The number of rotatable bonds is 9. The lowest BCUT2D eigenvalue weighted by Gasteiger charge is -2.27. The third-order valence-electron chi connectivity index (χ3n) is 2.34. The molecule has 0 aliphatic rings. The Morgan fingerprint density at radius 2 is 1.87 bits per heavy atom. The summed E-state index contributed by atoms with van der Waals surface area (Å²) in [5.41, 5.74) is 5.63. The Morgan fingerprint density at radius 3 is 2.33 bits per heavy atom. The van der Waals surface area contributed by atoms with Crippen LogP contribution in [0.1, 0.15) is 13.3 Å². The second-order valence-electron chi connectivity index (χ2n) is 3.45. The average molecular weight is 234 g/mol. The molecule has 5 heteroatoms. The predicted molar refractivity (Wildman–Crippen MR) is 66.2 cm³/mol. The van der Waals surface area contributed by atoms with Crippen molar-refractivity contribution in [3.05, 3.63) is 0 Å². The molecule has 0 spiro atoms. The van der Waals surface area contributed by atoms with Gasteiger partial charge in [0.2, 0.25) is 0 Å². The van der Waals surface area contributed by atoms with Gasteiger partial charge >= 0.3 is 0 Å². The van der Waals surface area contributed by atoms with Crippen molar-refractivity contribution in [2.45, 2.75) is 19.4 Å². The number of hydrogen-bond acceptors (Lipinski definition) is 4. The molecule has 0 fully saturated rings. The Hall–Kier alpha value is -0.230. The number of nitrogens with zero attached hydrogens (tertiary/aromatic N) is 1. The standard InChI is InChI=1S/C10H22N2O2S/c1-9(10(11)15)12(6-8-14-3)5-4-7-13-2/h9H,4-8H2,1-3H3,(H2,11,15). The summed E-state index contributed by atoms with van der Waals surface area (Å²) in [5, 5.41) is 0. The van der Waals surface area contributed by atoms with Gasteiger partial charge in [-0.05, 0) is 13.3 Å². The first-order chi connectivity index (χ1) is 7.13. The Morgan fingerprint density at radius 1 is 1.27 bits per heavy atom. The molecular formula is C10H22N2O2S. The van der Waals surface area contributed by atoms with Crippen molar-refractivity contribution < 1.29 is 9.47 Å². The molecule has 0 heterocycles. The van der Waals surface area contributed by atoms with Crippen molar-refractivity contribution in [1.29, 1.82) is 0 Å². The largest absolute Gasteiger partial charge is 0.392 e. The van der Waals surface area contributed by atoms with Crippen molar-refractivity contribution in [2.24, 2.45) is 5.73 Å². The molecule has 0 aromatic carbocycles. The molecule has 0 aromatic heterocycles. The van der Waals surface area contributed by atoms with Crippen LogP contribution in [0.25, 0.3) is 0 Å². The molecule has 0 saturated heterocycles. The van der Waals surface area contributed by atoms with Crippen LogP contribution in [0.15, 0.2) is 0 Å². The molecular weight excluding hydrogens is 212 g/mol. The minimum atomic E-state index is 0.118. The molecule has 0 aliphatic carbocycles. The van der Waals surface area contributed by atoms with E-state index in [1.54, 1.807) is 14.2 Å². The summed E-state index contributed by atoms with van der Waals surface area (Å²) in [6.45, 7) is 5.24. The molecule has 0 bridgehead atoms. The predicted octanol–water partition coefficient (Wildman–Crippen LogP) is 0.646. The average Bonchev–Trinajstić information content (AvgIpc) is 2.22. The Labute approximate surface area is 97.7 Å². The minimum absolute atomic E-state index is 0.118. The van der Waals surface area contributed by atoms with E-state index in [-0.39, 0.29) is 6.04 Å². The van der Waals surface area contributed by atoms with Gasteiger partial charge in [0, 0.05) is 33.9 Å². The maximum atomic E-state index is 5.63. The third kappa shape index (κ3) is 6.78. The van der Waals surface area contributed by atoms with Crippen LogP contribution in [0.2, 0.25) is 0 Å². The number of hydrogen-bond donors (Lipinski definition) is 1. The lowest BCUT2D eigenvalue weighted by molar-refractivity contribution is 0.126. The molecule has 2 N–H and O–H groups in total. The van der Waals surface area contributed by atoms with Gasteiger partial charge in [0.15, 0.2) is 0 Å². The van der Waals surface area contributed by atoms with Crippen molar-refractivity contribution >= 4 is 17.2 Å². The van der Waals surface area contributed by atoms with Crippen LogP contribution in [0.4, 0.5) is 0 Å². The molecule has 1 unspecified atom stereocenters. The summed E-state index contributed by atoms with van der Waals surface area (Å²) in [5.74, 6) is 0. The van der Waals surface area contributed by atoms with Gasteiger partial charge in [-0.2, -0.15) is 0 Å². The first-order valence-electron chi connectivity index (χ1n) is 5.14. The Kier molecular flexibility index (Phi) is 8.89. The minimum Gasteiger partial charge on any atom is -0.392 e. The van der Waals surface area contributed by atoms with E-state index in [0.29, 0.717) is 11.6 Å². The van der Waals surface area contributed by atoms with E-state index in [1.165, 1.54) is 0 Å². The second kappa shape index (κ2) is 9.03. The monoisotopic (exact) mass is 234 g/mol. The van der Waals surface area contributed by atoms with Crippen LogP contribution in [0, 0.1) is 0 Å². The van der Waals surface area contributed by atoms with Gasteiger partial charge in [-0.1, -0.05) is 12.2 Å². The van der Waals surface area contributed by atoms with Crippen LogP contribution >= 0.6 is 12.2 Å². The Balaban J connectivity index is 3.99. The summed E-state index contributed by atoms with van der Waals surface area (Å²) in [6.07, 6.45) is 0.979. The van der Waals surface area contributed by atoms with Crippen molar-refractivity contribution in [2.75, 3.05) is 40.5 Å². The van der Waals surface area contributed by atoms with Crippen LogP contribution in [0.5, 0.6) is 0 Å². The molecule has 0 radical (unpaired) electrons. The van der Waals surface area contributed by atoms with E-state index in [9.17, 15) is 0 Å². The van der Waals surface area contributed by atoms with Gasteiger partial charge in [0.05, 0.1) is 17.6 Å². The lowest BCUT2D eigenvalue weighted by Crippen LogP contribution is -2.44.